The van der Waals surface area contributed by atoms with Crippen LogP contribution in [0.25, 0.3) is 0 Å². The summed E-state index contributed by atoms with van der Waals surface area (Å²) in [5.74, 6) is 0. The molecular formula is C12H17ClN2. The summed E-state index contributed by atoms with van der Waals surface area (Å²) in [7, 11) is 0. The van der Waals surface area contributed by atoms with Crippen LogP contribution in [0.1, 0.15) is 32.1 Å². The minimum atomic E-state index is 0.583. The first-order chi connectivity index (χ1) is 7.25. The van der Waals surface area contributed by atoms with Gasteiger partial charge in [-0.05, 0) is 31.0 Å². The third-order valence-electron chi connectivity index (χ3n) is 2.96. The molecule has 0 aromatic heterocycles. The standard InChI is InChI=1S/C12H17ClN2/c13-11-8-9(14)6-7-12(11)15-10-4-2-1-3-5-10/h6-8,10,15H,1-5,14H2. The molecule has 1 saturated carbocycles. The summed E-state index contributed by atoms with van der Waals surface area (Å²) in [6.07, 6.45) is 6.52. The number of nitrogens with two attached hydrogens (primary N) is 1. The number of benzene rings is 1. The maximum Gasteiger partial charge on any atom is 0.0658 e. The topological polar surface area (TPSA) is 38.0 Å². The van der Waals surface area contributed by atoms with E-state index in [1.807, 2.05) is 12.1 Å². The van der Waals surface area contributed by atoms with Crippen LogP contribution in [0.2, 0.25) is 5.02 Å². The first kappa shape index (κ1) is 10.6. The fourth-order valence-corrected chi connectivity index (χ4v) is 2.36. The van der Waals surface area contributed by atoms with Crippen molar-refractivity contribution in [3.63, 3.8) is 0 Å². The highest BCUT2D eigenvalue weighted by molar-refractivity contribution is 6.33. The second kappa shape index (κ2) is 4.75. The Kier molecular flexibility index (Phi) is 3.37. The zero-order valence-corrected chi connectivity index (χ0v) is 9.56. The Morgan fingerprint density at radius 3 is 2.60 bits per heavy atom. The second-order valence-electron chi connectivity index (χ2n) is 4.22. The lowest BCUT2D eigenvalue weighted by Crippen LogP contribution is -2.22. The molecule has 1 aromatic rings. The molecule has 3 heteroatoms. The molecule has 15 heavy (non-hydrogen) atoms. The highest BCUT2D eigenvalue weighted by Crippen LogP contribution is 2.28. The smallest absolute Gasteiger partial charge is 0.0658 e. The van der Waals surface area contributed by atoms with E-state index in [0.29, 0.717) is 11.7 Å². The first-order valence-electron chi connectivity index (χ1n) is 5.57. The Morgan fingerprint density at radius 1 is 1.20 bits per heavy atom. The Labute approximate surface area is 95.8 Å². The Bertz CT molecular complexity index is 332. The van der Waals surface area contributed by atoms with Crippen molar-refractivity contribution in [2.45, 2.75) is 38.1 Å². The van der Waals surface area contributed by atoms with Crippen molar-refractivity contribution in [3.05, 3.63) is 23.2 Å². The second-order valence-corrected chi connectivity index (χ2v) is 4.63. The molecule has 0 amide bonds. The fourth-order valence-electron chi connectivity index (χ4n) is 2.12. The largest absolute Gasteiger partial charge is 0.399 e. The van der Waals surface area contributed by atoms with E-state index in [1.54, 1.807) is 6.07 Å². The van der Waals surface area contributed by atoms with Gasteiger partial charge in [0.25, 0.3) is 0 Å². The fraction of sp³-hybridized carbons (Fsp3) is 0.500. The summed E-state index contributed by atoms with van der Waals surface area (Å²) in [5, 5.41) is 4.21. The number of hydrogen-bond donors (Lipinski definition) is 2. The van der Waals surface area contributed by atoms with Gasteiger partial charge in [0, 0.05) is 11.7 Å². The van der Waals surface area contributed by atoms with E-state index in [4.69, 9.17) is 17.3 Å². The molecule has 2 nitrogen and oxygen atoms in total. The van der Waals surface area contributed by atoms with Gasteiger partial charge in [0.1, 0.15) is 0 Å². The Balaban J connectivity index is 2.03. The molecule has 82 valence electrons. The van der Waals surface area contributed by atoms with Gasteiger partial charge in [0.05, 0.1) is 10.7 Å². The summed E-state index contributed by atoms with van der Waals surface area (Å²) in [5.41, 5.74) is 7.38. The Morgan fingerprint density at radius 2 is 1.93 bits per heavy atom. The van der Waals surface area contributed by atoms with E-state index in [0.717, 1.165) is 10.7 Å². The summed E-state index contributed by atoms with van der Waals surface area (Å²) in [6.45, 7) is 0. The lowest BCUT2D eigenvalue weighted by molar-refractivity contribution is 0.463. The first-order valence-corrected chi connectivity index (χ1v) is 5.95. The third-order valence-corrected chi connectivity index (χ3v) is 3.27. The number of nitrogens with one attached hydrogen (secondary N) is 1. The highest BCUT2D eigenvalue weighted by Gasteiger charge is 2.13. The molecule has 0 spiro atoms. The molecule has 1 aliphatic carbocycles. The molecule has 0 aliphatic heterocycles. The lowest BCUT2D eigenvalue weighted by atomic mass is 9.95. The van der Waals surface area contributed by atoms with Crippen molar-refractivity contribution in [1.82, 2.24) is 0 Å². The normalized spacial score (nSPS) is 17.7. The quantitative estimate of drug-likeness (QED) is 0.753. The van der Waals surface area contributed by atoms with Crippen LogP contribution in [0.4, 0.5) is 11.4 Å². The zero-order valence-electron chi connectivity index (χ0n) is 8.80. The van der Waals surface area contributed by atoms with E-state index >= 15 is 0 Å². The molecule has 0 radical (unpaired) electrons. The van der Waals surface area contributed by atoms with Crippen LogP contribution in [0, 0.1) is 0 Å². The predicted molar refractivity (Wildman–Crippen MR) is 66.4 cm³/mol. The molecular weight excluding hydrogens is 208 g/mol. The third kappa shape index (κ3) is 2.78. The number of hydrogen-bond acceptors (Lipinski definition) is 2. The van der Waals surface area contributed by atoms with Crippen LogP contribution in [0.5, 0.6) is 0 Å². The molecule has 1 aromatic carbocycles. The van der Waals surface area contributed by atoms with Crippen molar-refractivity contribution in [2.75, 3.05) is 11.1 Å². The van der Waals surface area contributed by atoms with Crippen molar-refractivity contribution in [3.8, 4) is 0 Å². The minimum Gasteiger partial charge on any atom is -0.399 e. The van der Waals surface area contributed by atoms with E-state index in [1.165, 1.54) is 32.1 Å². The predicted octanol–water partition coefficient (Wildman–Crippen LogP) is 3.67. The maximum atomic E-state index is 6.11. The average molecular weight is 225 g/mol. The van der Waals surface area contributed by atoms with E-state index in [-0.39, 0.29) is 0 Å². The van der Waals surface area contributed by atoms with Gasteiger partial charge in [-0.25, -0.2) is 0 Å². The van der Waals surface area contributed by atoms with Crippen LogP contribution in [-0.2, 0) is 0 Å². The van der Waals surface area contributed by atoms with Gasteiger partial charge in [0.2, 0.25) is 0 Å². The number of halogens is 1. The van der Waals surface area contributed by atoms with Gasteiger partial charge in [-0.3, -0.25) is 0 Å². The van der Waals surface area contributed by atoms with Gasteiger partial charge < -0.3 is 11.1 Å². The van der Waals surface area contributed by atoms with E-state index in [2.05, 4.69) is 5.32 Å². The molecule has 0 saturated heterocycles. The van der Waals surface area contributed by atoms with Crippen LogP contribution in [0.15, 0.2) is 18.2 Å². The Hall–Kier alpha value is -0.890. The van der Waals surface area contributed by atoms with Crippen molar-refractivity contribution in [2.24, 2.45) is 0 Å². The van der Waals surface area contributed by atoms with Gasteiger partial charge in [-0.15, -0.1) is 0 Å². The number of anilines is 2. The molecule has 0 atom stereocenters. The van der Waals surface area contributed by atoms with Crippen molar-refractivity contribution in [1.29, 1.82) is 0 Å². The van der Waals surface area contributed by atoms with Crippen LogP contribution in [0.3, 0.4) is 0 Å². The van der Waals surface area contributed by atoms with Crippen molar-refractivity contribution < 1.29 is 0 Å². The summed E-state index contributed by atoms with van der Waals surface area (Å²) in [6, 6.07) is 6.23. The van der Waals surface area contributed by atoms with Gasteiger partial charge in [-0.1, -0.05) is 30.9 Å². The monoisotopic (exact) mass is 224 g/mol. The number of nitrogen functional groups attached to an aromatic ring is 1. The lowest BCUT2D eigenvalue weighted by Gasteiger charge is -2.24. The number of rotatable bonds is 2. The summed E-state index contributed by atoms with van der Waals surface area (Å²) >= 11 is 6.11. The highest BCUT2D eigenvalue weighted by atomic mass is 35.5. The molecule has 2 rings (SSSR count). The van der Waals surface area contributed by atoms with Gasteiger partial charge in [0.15, 0.2) is 0 Å². The molecule has 0 heterocycles. The van der Waals surface area contributed by atoms with E-state index in [9.17, 15) is 0 Å². The summed E-state index contributed by atoms with van der Waals surface area (Å²) < 4.78 is 0. The maximum absolute atomic E-state index is 6.11. The molecule has 0 unspecified atom stereocenters. The minimum absolute atomic E-state index is 0.583. The van der Waals surface area contributed by atoms with Crippen LogP contribution >= 0.6 is 11.6 Å². The zero-order chi connectivity index (χ0) is 10.7. The van der Waals surface area contributed by atoms with Gasteiger partial charge in [-0.2, -0.15) is 0 Å². The van der Waals surface area contributed by atoms with Crippen molar-refractivity contribution >= 4 is 23.0 Å². The van der Waals surface area contributed by atoms with E-state index < -0.39 is 0 Å². The average Bonchev–Trinajstić information content (AvgIpc) is 2.24. The van der Waals surface area contributed by atoms with Crippen LogP contribution < -0.4 is 11.1 Å². The molecule has 1 aliphatic rings. The molecule has 3 N–H and O–H groups in total. The molecule has 0 bridgehead atoms. The van der Waals surface area contributed by atoms with Gasteiger partial charge >= 0.3 is 0 Å². The SMILES string of the molecule is Nc1ccc(NC2CCCCC2)c(Cl)c1. The van der Waals surface area contributed by atoms with Crippen LogP contribution in [-0.4, -0.2) is 6.04 Å². The molecule has 1 fully saturated rings. The summed E-state index contributed by atoms with van der Waals surface area (Å²) in [4.78, 5) is 0.